The van der Waals surface area contributed by atoms with Crippen molar-refractivity contribution >= 4 is 5.97 Å². The quantitative estimate of drug-likeness (QED) is 0.202. The van der Waals surface area contributed by atoms with Gasteiger partial charge < -0.3 is 50.3 Å². The number of fused-ring (bicyclic) bond motifs is 7. The highest BCUT2D eigenvalue weighted by molar-refractivity contribution is 5.78. The molecule has 6 rings (SSSR count). The summed E-state index contributed by atoms with van der Waals surface area (Å²) in [5.74, 6) is -0.942. The van der Waals surface area contributed by atoms with Gasteiger partial charge in [-0.05, 0) is 105 Å². The van der Waals surface area contributed by atoms with E-state index in [0.29, 0.717) is 32.1 Å². The lowest BCUT2D eigenvalue weighted by atomic mass is 9.30. The van der Waals surface area contributed by atoms with Crippen molar-refractivity contribution in [2.75, 3.05) is 13.2 Å². The Morgan fingerprint density at radius 1 is 0.809 bits per heavy atom. The first kappa shape index (κ1) is 35.9. The standard InChI is InChI=1S/C36H60O11/c1-18-9-12-36(30(44)47-29-26(42)25(41)24(40)21(16-37)46-29)14-13-33(4)19(27(36)35(18,6)45)7-8-23-31(2)15-20(39)28(43)32(3,17-38)22(31)10-11-34(23,33)5/h18-29,37-43,45H,7-17H2,1-6H3/t18-,19-,20-,21+,22+,23+,24+,25-,26+,27+,28+,29-,31-,32-,33+,34+,35+,36-/m0/s1. The molecule has 6 fully saturated rings. The minimum atomic E-state index is -1.71. The third-order valence-corrected chi connectivity index (χ3v) is 16.2. The lowest BCUT2D eigenvalue weighted by molar-refractivity contribution is -0.309. The molecule has 11 nitrogen and oxygen atoms in total. The Labute approximate surface area is 278 Å². The number of aliphatic hydroxyl groups excluding tert-OH is 7. The van der Waals surface area contributed by atoms with Gasteiger partial charge in [0, 0.05) is 11.3 Å². The molecule has 0 aromatic rings. The minimum Gasteiger partial charge on any atom is -0.432 e. The van der Waals surface area contributed by atoms with Crippen molar-refractivity contribution in [1.29, 1.82) is 0 Å². The molecular formula is C36H60O11. The monoisotopic (exact) mass is 668 g/mol. The third kappa shape index (κ3) is 4.66. The first-order chi connectivity index (χ1) is 21.8. The summed E-state index contributed by atoms with van der Waals surface area (Å²) in [4.78, 5) is 14.5. The molecule has 0 unspecified atom stereocenters. The minimum absolute atomic E-state index is 0.0330. The predicted molar refractivity (Wildman–Crippen MR) is 169 cm³/mol. The normalized spacial score (nSPS) is 59.2. The van der Waals surface area contributed by atoms with Crippen LogP contribution in [0.4, 0.5) is 0 Å². The molecule has 11 heteroatoms. The SMILES string of the molecule is C[C@H]1CC[C@]2(C(=O)O[C@@H]3O[C@H](CO)[C@@H](O)[C@H](O)[C@H]3O)CC[C@]3(C)[C@@H](CC[C@@H]4[C@@]5(C)C[C@H](O)[C@@H](O)[C@@](C)(CO)[C@@H]5CC[C@]43C)[C@@H]2[C@]1(C)O. The topological polar surface area (TPSA) is 197 Å². The Morgan fingerprint density at radius 2 is 1.49 bits per heavy atom. The highest BCUT2D eigenvalue weighted by Gasteiger charge is 2.74. The maximum atomic E-state index is 14.5. The van der Waals surface area contributed by atoms with Crippen LogP contribution in [0.25, 0.3) is 0 Å². The fraction of sp³-hybridized carbons (Fsp3) is 0.972. The Kier molecular flexibility index (Phi) is 8.84. The van der Waals surface area contributed by atoms with Crippen LogP contribution in [0.2, 0.25) is 0 Å². The van der Waals surface area contributed by atoms with Gasteiger partial charge in [0.25, 0.3) is 0 Å². The smallest absolute Gasteiger partial charge is 0.314 e. The maximum Gasteiger partial charge on any atom is 0.314 e. The first-order valence-electron chi connectivity index (χ1n) is 18.0. The molecule has 270 valence electrons. The van der Waals surface area contributed by atoms with E-state index in [0.717, 1.165) is 25.7 Å². The molecule has 0 amide bonds. The van der Waals surface area contributed by atoms with Gasteiger partial charge in [0.1, 0.15) is 24.4 Å². The zero-order valence-corrected chi connectivity index (χ0v) is 29.0. The summed E-state index contributed by atoms with van der Waals surface area (Å²) in [6, 6.07) is 0. The van der Waals surface area contributed by atoms with Crippen molar-refractivity contribution in [3.63, 3.8) is 0 Å². The van der Waals surface area contributed by atoms with E-state index in [1.54, 1.807) is 0 Å². The van der Waals surface area contributed by atoms with Crippen molar-refractivity contribution < 1.29 is 55.1 Å². The van der Waals surface area contributed by atoms with E-state index in [-0.39, 0.29) is 46.5 Å². The zero-order valence-electron chi connectivity index (χ0n) is 29.0. The summed E-state index contributed by atoms with van der Waals surface area (Å²) in [5.41, 5.74) is -3.89. The van der Waals surface area contributed by atoms with Crippen LogP contribution >= 0.6 is 0 Å². The van der Waals surface area contributed by atoms with E-state index >= 15 is 0 Å². The van der Waals surface area contributed by atoms with Crippen LogP contribution in [0.15, 0.2) is 0 Å². The first-order valence-corrected chi connectivity index (χ1v) is 18.0. The van der Waals surface area contributed by atoms with Crippen molar-refractivity contribution in [3.05, 3.63) is 0 Å². The Morgan fingerprint density at radius 3 is 2.13 bits per heavy atom. The summed E-state index contributed by atoms with van der Waals surface area (Å²) >= 11 is 0. The van der Waals surface area contributed by atoms with Gasteiger partial charge in [-0.1, -0.05) is 34.6 Å². The third-order valence-electron chi connectivity index (χ3n) is 16.2. The van der Waals surface area contributed by atoms with E-state index in [4.69, 9.17) is 9.47 Å². The molecule has 18 atom stereocenters. The molecule has 0 aromatic heterocycles. The van der Waals surface area contributed by atoms with E-state index in [1.807, 2.05) is 20.8 Å². The number of carbonyl (C=O) groups is 1. The lowest BCUT2D eigenvalue weighted by Gasteiger charge is -2.74. The van der Waals surface area contributed by atoms with Crippen molar-refractivity contribution in [2.45, 2.75) is 148 Å². The Hall–Kier alpha value is -0.890. The van der Waals surface area contributed by atoms with E-state index in [9.17, 15) is 45.6 Å². The van der Waals surface area contributed by atoms with Crippen LogP contribution in [0.3, 0.4) is 0 Å². The number of esters is 1. The Balaban J connectivity index is 1.36. The summed E-state index contributed by atoms with van der Waals surface area (Å²) in [6.07, 6.45) is -3.67. The number of rotatable bonds is 4. The molecule has 6 aliphatic rings. The molecular weight excluding hydrogens is 608 g/mol. The molecule has 5 aliphatic carbocycles. The van der Waals surface area contributed by atoms with Gasteiger partial charge in [0.2, 0.25) is 6.29 Å². The molecule has 47 heavy (non-hydrogen) atoms. The van der Waals surface area contributed by atoms with Crippen molar-refractivity contribution in [2.24, 2.45) is 56.7 Å². The van der Waals surface area contributed by atoms with Crippen LogP contribution in [0.1, 0.15) is 99.3 Å². The second kappa shape index (κ2) is 11.6. The van der Waals surface area contributed by atoms with Gasteiger partial charge >= 0.3 is 5.97 Å². The van der Waals surface area contributed by atoms with Crippen LogP contribution in [0.5, 0.6) is 0 Å². The van der Waals surface area contributed by atoms with Gasteiger partial charge in [-0.2, -0.15) is 0 Å². The molecule has 1 saturated heterocycles. The number of ether oxygens (including phenoxy) is 2. The number of carbonyl (C=O) groups excluding carboxylic acids is 1. The summed E-state index contributed by atoms with van der Waals surface area (Å²) in [5, 5.41) is 86.3. The molecule has 0 radical (unpaired) electrons. The fourth-order valence-corrected chi connectivity index (χ4v) is 13.2. The van der Waals surface area contributed by atoms with Crippen LogP contribution in [-0.2, 0) is 14.3 Å². The van der Waals surface area contributed by atoms with Crippen LogP contribution in [0, 0.1) is 56.7 Å². The van der Waals surface area contributed by atoms with Gasteiger partial charge in [-0.3, -0.25) is 4.79 Å². The van der Waals surface area contributed by atoms with Crippen LogP contribution < -0.4 is 0 Å². The van der Waals surface area contributed by atoms with Gasteiger partial charge in [-0.25, -0.2) is 0 Å². The van der Waals surface area contributed by atoms with E-state index in [1.165, 1.54) is 0 Å². The molecule has 0 spiro atoms. The molecule has 0 aromatic carbocycles. The molecule has 1 heterocycles. The average Bonchev–Trinajstić information content (AvgIpc) is 3.02. The zero-order chi connectivity index (χ0) is 34.7. The second-order valence-corrected chi connectivity index (χ2v) is 18.0. The van der Waals surface area contributed by atoms with Gasteiger partial charge in [0.05, 0.1) is 36.4 Å². The predicted octanol–water partition coefficient (Wildman–Crippen LogP) is 1.49. The molecule has 1 aliphatic heterocycles. The van der Waals surface area contributed by atoms with Crippen molar-refractivity contribution in [1.82, 2.24) is 0 Å². The van der Waals surface area contributed by atoms with E-state index < -0.39 is 77.8 Å². The molecule has 8 N–H and O–H groups in total. The Bertz CT molecular complexity index is 1210. The molecule has 0 bridgehead atoms. The highest BCUT2D eigenvalue weighted by atomic mass is 16.7. The fourth-order valence-electron chi connectivity index (χ4n) is 13.2. The summed E-state index contributed by atoms with van der Waals surface area (Å²) < 4.78 is 11.5. The van der Waals surface area contributed by atoms with Crippen LogP contribution in [-0.4, -0.2) is 109 Å². The largest absolute Gasteiger partial charge is 0.432 e. The van der Waals surface area contributed by atoms with Gasteiger partial charge in [-0.15, -0.1) is 0 Å². The lowest BCUT2D eigenvalue weighted by Crippen LogP contribution is -2.72. The summed E-state index contributed by atoms with van der Waals surface area (Å²) in [6.45, 7) is 11.9. The number of aliphatic hydroxyl groups is 8. The summed E-state index contributed by atoms with van der Waals surface area (Å²) in [7, 11) is 0. The number of hydrogen-bond donors (Lipinski definition) is 8. The van der Waals surface area contributed by atoms with Gasteiger partial charge in [0.15, 0.2) is 0 Å². The maximum absolute atomic E-state index is 14.5. The second-order valence-electron chi connectivity index (χ2n) is 18.0. The highest BCUT2D eigenvalue weighted by Crippen LogP contribution is 2.77. The molecule has 5 saturated carbocycles. The number of hydrogen-bond acceptors (Lipinski definition) is 11. The average molecular weight is 669 g/mol. The van der Waals surface area contributed by atoms with E-state index in [2.05, 4.69) is 20.8 Å². The van der Waals surface area contributed by atoms with Crippen molar-refractivity contribution in [3.8, 4) is 0 Å².